The predicted molar refractivity (Wildman–Crippen MR) is 87.7 cm³/mol. The first-order valence-corrected chi connectivity index (χ1v) is 7.55. The maximum absolute atomic E-state index is 4.72. The van der Waals surface area contributed by atoms with Crippen LogP contribution in [0.3, 0.4) is 0 Å². The van der Waals surface area contributed by atoms with E-state index >= 15 is 0 Å². The summed E-state index contributed by atoms with van der Waals surface area (Å²) in [6.07, 6.45) is 3.65. The number of rotatable bonds is 7. The maximum Gasteiger partial charge on any atom is 0.151 e. The lowest BCUT2D eigenvalue weighted by Crippen LogP contribution is -2.21. The van der Waals surface area contributed by atoms with Crippen molar-refractivity contribution in [3.63, 3.8) is 0 Å². The van der Waals surface area contributed by atoms with Gasteiger partial charge in [-0.1, -0.05) is 32.0 Å². The Morgan fingerprint density at radius 2 is 1.90 bits per heavy atom. The summed E-state index contributed by atoms with van der Waals surface area (Å²) in [5, 5.41) is 3.40. The number of hydrogen-bond acceptors (Lipinski definition) is 4. The third kappa shape index (κ3) is 4.53. The molecule has 0 saturated carbocycles. The largest absolute Gasteiger partial charge is 0.325 e. The van der Waals surface area contributed by atoms with E-state index in [1.165, 1.54) is 0 Å². The monoisotopic (exact) mass is 284 g/mol. The van der Waals surface area contributed by atoms with E-state index in [0.717, 1.165) is 36.8 Å². The second kappa shape index (κ2) is 7.74. The van der Waals surface area contributed by atoms with Crippen molar-refractivity contribution < 1.29 is 0 Å². The Hall–Kier alpha value is -1.94. The Balaban J connectivity index is 2.11. The fraction of sp³-hybridized carbons (Fsp3) is 0.412. The van der Waals surface area contributed by atoms with E-state index in [4.69, 9.17) is 4.98 Å². The van der Waals surface area contributed by atoms with Crippen LogP contribution in [0.25, 0.3) is 0 Å². The van der Waals surface area contributed by atoms with Crippen molar-refractivity contribution in [2.75, 3.05) is 18.0 Å². The molecule has 21 heavy (non-hydrogen) atoms. The van der Waals surface area contributed by atoms with Crippen LogP contribution in [-0.4, -0.2) is 23.1 Å². The van der Waals surface area contributed by atoms with E-state index < -0.39 is 0 Å². The molecule has 4 heteroatoms. The molecule has 0 fully saturated rings. The standard InChI is InChI=1S/C17H24N4/c1-4-21(16-8-6-5-7-9-16)17-13-19-12-15(20-17)11-18-10-14(2)3/h5-9,12-14,18H,4,10-11H2,1-3H3. The van der Waals surface area contributed by atoms with Gasteiger partial charge in [-0.2, -0.15) is 0 Å². The van der Waals surface area contributed by atoms with Crippen LogP contribution < -0.4 is 10.2 Å². The van der Waals surface area contributed by atoms with Gasteiger partial charge in [-0.3, -0.25) is 4.98 Å². The van der Waals surface area contributed by atoms with Crippen LogP contribution >= 0.6 is 0 Å². The van der Waals surface area contributed by atoms with Crippen LogP contribution in [0.1, 0.15) is 26.5 Å². The topological polar surface area (TPSA) is 41.1 Å². The highest BCUT2D eigenvalue weighted by Crippen LogP contribution is 2.22. The summed E-state index contributed by atoms with van der Waals surface area (Å²) in [6, 6.07) is 10.3. The van der Waals surface area contributed by atoms with Crippen molar-refractivity contribution in [1.82, 2.24) is 15.3 Å². The molecule has 0 amide bonds. The third-order valence-electron chi connectivity index (χ3n) is 3.19. The molecule has 0 aliphatic heterocycles. The maximum atomic E-state index is 4.72. The number of aromatic nitrogens is 2. The van der Waals surface area contributed by atoms with Crippen molar-refractivity contribution in [2.45, 2.75) is 27.3 Å². The van der Waals surface area contributed by atoms with E-state index in [2.05, 4.69) is 48.1 Å². The molecule has 1 aromatic heterocycles. The van der Waals surface area contributed by atoms with E-state index in [0.29, 0.717) is 5.92 Å². The van der Waals surface area contributed by atoms with Crippen LogP contribution in [0.2, 0.25) is 0 Å². The third-order valence-corrected chi connectivity index (χ3v) is 3.19. The molecule has 1 aromatic carbocycles. The molecule has 0 aliphatic rings. The molecule has 1 heterocycles. The summed E-state index contributed by atoms with van der Waals surface area (Å²) in [5.74, 6) is 1.53. The molecule has 2 rings (SSSR count). The molecule has 2 aromatic rings. The summed E-state index contributed by atoms with van der Waals surface area (Å²) in [6.45, 7) is 9.13. The minimum atomic E-state index is 0.637. The van der Waals surface area contributed by atoms with Gasteiger partial charge in [0, 0.05) is 25.0 Å². The van der Waals surface area contributed by atoms with Gasteiger partial charge >= 0.3 is 0 Å². The molecule has 4 nitrogen and oxygen atoms in total. The fourth-order valence-electron chi connectivity index (χ4n) is 2.18. The number of para-hydroxylation sites is 1. The SMILES string of the molecule is CCN(c1ccccc1)c1cncc(CNCC(C)C)n1. The van der Waals surface area contributed by atoms with Crippen LogP contribution in [0.15, 0.2) is 42.7 Å². The van der Waals surface area contributed by atoms with E-state index in [9.17, 15) is 0 Å². The Kier molecular flexibility index (Phi) is 5.69. The zero-order chi connectivity index (χ0) is 15.1. The number of benzene rings is 1. The molecule has 0 unspecified atom stereocenters. The van der Waals surface area contributed by atoms with Crippen molar-refractivity contribution in [2.24, 2.45) is 5.92 Å². The molecule has 112 valence electrons. The number of nitrogens with one attached hydrogen (secondary N) is 1. The highest BCUT2D eigenvalue weighted by Gasteiger charge is 2.09. The van der Waals surface area contributed by atoms with Crippen molar-refractivity contribution in [1.29, 1.82) is 0 Å². The van der Waals surface area contributed by atoms with Crippen molar-refractivity contribution >= 4 is 11.5 Å². The second-order valence-corrected chi connectivity index (χ2v) is 5.47. The van der Waals surface area contributed by atoms with Gasteiger partial charge in [0.15, 0.2) is 5.82 Å². The summed E-state index contributed by atoms with van der Waals surface area (Å²) in [5.41, 5.74) is 2.11. The second-order valence-electron chi connectivity index (χ2n) is 5.47. The molecule has 0 radical (unpaired) electrons. The molecule has 0 aliphatic carbocycles. The zero-order valence-electron chi connectivity index (χ0n) is 13.1. The average molecular weight is 284 g/mol. The quantitative estimate of drug-likeness (QED) is 0.846. The van der Waals surface area contributed by atoms with E-state index in [-0.39, 0.29) is 0 Å². The summed E-state index contributed by atoms with van der Waals surface area (Å²) >= 11 is 0. The zero-order valence-corrected chi connectivity index (χ0v) is 13.1. The number of anilines is 2. The van der Waals surface area contributed by atoms with Gasteiger partial charge in [-0.25, -0.2) is 4.98 Å². The number of hydrogen-bond donors (Lipinski definition) is 1. The Morgan fingerprint density at radius 1 is 1.14 bits per heavy atom. The highest BCUT2D eigenvalue weighted by molar-refractivity contribution is 5.58. The predicted octanol–water partition coefficient (Wildman–Crippen LogP) is 3.38. The fourth-order valence-corrected chi connectivity index (χ4v) is 2.18. The van der Waals surface area contributed by atoms with Gasteiger partial charge in [-0.05, 0) is 31.5 Å². The molecule has 0 spiro atoms. The van der Waals surface area contributed by atoms with Gasteiger partial charge in [0.1, 0.15) is 0 Å². The summed E-state index contributed by atoms with van der Waals surface area (Å²) in [7, 11) is 0. The van der Waals surface area contributed by atoms with Gasteiger partial charge in [0.25, 0.3) is 0 Å². The molecular formula is C17H24N4. The first kappa shape index (κ1) is 15.4. The first-order valence-electron chi connectivity index (χ1n) is 7.55. The molecule has 0 bridgehead atoms. The van der Waals surface area contributed by atoms with Gasteiger partial charge in [0.2, 0.25) is 0 Å². The van der Waals surface area contributed by atoms with Crippen LogP contribution in [0, 0.1) is 5.92 Å². The summed E-state index contributed by atoms with van der Waals surface area (Å²) in [4.78, 5) is 11.2. The highest BCUT2D eigenvalue weighted by atomic mass is 15.2. The molecular weight excluding hydrogens is 260 g/mol. The van der Waals surface area contributed by atoms with E-state index in [1.807, 2.05) is 30.6 Å². The first-order chi connectivity index (χ1) is 10.2. The molecule has 1 N–H and O–H groups in total. The lowest BCUT2D eigenvalue weighted by atomic mass is 10.2. The van der Waals surface area contributed by atoms with Crippen molar-refractivity contribution in [3.8, 4) is 0 Å². The minimum Gasteiger partial charge on any atom is -0.325 e. The van der Waals surface area contributed by atoms with Gasteiger partial charge < -0.3 is 10.2 Å². The number of nitrogens with zero attached hydrogens (tertiary/aromatic N) is 3. The van der Waals surface area contributed by atoms with Crippen LogP contribution in [0.5, 0.6) is 0 Å². The molecule has 0 saturated heterocycles. The summed E-state index contributed by atoms with van der Waals surface area (Å²) < 4.78 is 0. The lowest BCUT2D eigenvalue weighted by molar-refractivity contribution is 0.547. The Morgan fingerprint density at radius 3 is 2.57 bits per heavy atom. The molecule has 0 atom stereocenters. The van der Waals surface area contributed by atoms with Crippen molar-refractivity contribution in [3.05, 3.63) is 48.4 Å². The Labute approximate surface area is 127 Å². The lowest BCUT2D eigenvalue weighted by Gasteiger charge is -2.22. The Bertz CT molecular complexity index is 539. The van der Waals surface area contributed by atoms with Gasteiger partial charge in [0.05, 0.1) is 11.9 Å². The van der Waals surface area contributed by atoms with Crippen LogP contribution in [0.4, 0.5) is 11.5 Å². The normalized spacial score (nSPS) is 10.9. The van der Waals surface area contributed by atoms with Crippen LogP contribution in [-0.2, 0) is 6.54 Å². The smallest absolute Gasteiger partial charge is 0.151 e. The average Bonchev–Trinajstić information content (AvgIpc) is 2.49. The van der Waals surface area contributed by atoms with E-state index in [1.54, 1.807) is 0 Å². The minimum absolute atomic E-state index is 0.637. The van der Waals surface area contributed by atoms with Gasteiger partial charge in [-0.15, -0.1) is 0 Å².